The molecule has 25 heavy (non-hydrogen) atoms. The molecule has 5 heteroatoms. The third-order valence-corrected chi connectivity index (χ3v) is 4.07. The van der Waals surface area contributed by atoms with Gasteiger partial charge in [-0.05, 0) is 41.8 Å². The Hall–Kier alpha value is -2.56. The molecule has 1 atom stereocenters. The number of esters is 1. The van der Waals surface area contributed by atoms with E-state index in [1.165, 1.54) is 0 Å². The first-order chi connectivity index (χ1) is 12.0. The Balaban J connectivity index is 1.92. The highest BCUT2D eigenvalue weighted by atomic mass is 16.5. The first-order valence-corrected chi connectivity index (χ1v) is 8.56. The first-order valence-electron chi connectivity index (χ1n) is 8.56. The van der Waals surface area contributed by atoms with Crippen LogP contribution in [-0.4, -0.2) is 32.1 Å². The zero-order valence-electron chi connectivity index (χ0n) is 15.0. The van der Waals surface area contributed by atoms with E-state index in [1.807, 2.05) is 50.2 Å². The summed E-state index contributed by atoms with van der Waals surface area (Å²) in [5, 5.41) is 4.83. The monoisotopic (exact) mass is 343 g/mol. The molecule has 5 nitrogen and oxygen atoms in total. The zero-order valence-corrected chi connectivity index (χ0v) is 15.0. The third-order valence-electron chi connectivity index (χ3n) is 4.07. The van der Waals surface area contributed by atoms with Gasteiger partial charge >= 0.3 is 5.97 Å². The summed E-state index contributed by atoms with van der Waals surface area (Å²) in [6.45, 7) is 4.29. The van der Waals surface area contributed by atoms with E-state index in [9.17, 15) is 9.59 Å². The summed E-state index contributed by atoms with van der Waals surface area (Å²) in [6, 6.07) is 11.7. The Bertz CT molecular complexity index is 742. The van der Waals surface area contributed by atoms with Gasteiger partial charge in [0.15, 0.2) is 0 Å². The van der Waals surface area contributed by atoms with Gasteiger partial charge in [0.25, 0.3) is 0 Å². The van der Waals surface area contributed by atoms with E-state index in [1.54, 1.807) is 7.11 Å². The molecule has 0 heterocycles. The summed E-state index contributed by atoms with van der Waals surface area (Å²) in [5.41, 5.74) is 0.901. The van der Waals surface area contributed by atoms with Crippen molar-refractivity contribution in [1.29, 1.82) is 0 Å². The maximum Gasteiger partial charge on any atom is 0.313 e. The fraction of sp³-hybridized carbons (Fsp3) is 0.400. The van der Waals surface area contributed by atoms with Gasteiger partial charge in [-0.2, -0.15) is 0 Å². The topological polar surface area (TPSA) is 64.6 Å². The van der Waals surface area contributed by atoms with E-state index in [0.717, 1.165) is 28.5 Å². The van der Waals surface area contributed by atoms with Gasteiger partial charge in [-0.25, -0.2) is 0 Å². The highest BCUT2D eigenvalue weighted by Gasteiger charge is 2.17. The number of nitrogens with one attached hydrogen (secondary N) is 1. The van der Waals surface area contributed by atoms with Crippen LogP contribution in [0.3, 0.4) is 0 Å². The minimum Gasteiger partial charge on any atom is -0.497 e. The van der Waals surface area contributed by atoms with Gasteiger partial charge in [-0.1, -0.05) is 31.2 Å². The van der Waals surface area contributed by atoms with Crippen molar-refractivity contribution in [2.75, 3.05) is 20.3 Å². The first kappa shape index (κ1) is 18.8. The second-order valence-electron chi connectivity index (χ2n) is 5.96. The molecular formula is C20H25NO4. The Morgan fingerprint density at radius 3 is 2.56 bits per heavy atom. The molecule has 0 aliphatic rings. The number of methoxy groups -OCH3 is 1. The molecule has 1 amide bonds. The number of hydrogen-bond acceptors (Lipinski definition) is 4. The van der Waals surface area contributed by atoms with Crippen molar-refractivity contribution >= 4 is 22.6 Å². The second-order valence-corrected chi connectivity index (χ2v) is 5.96. The number of rotatable bonds is 8. The van der Waals surface area contributed by atoms with Gasteiger partial charge in [0, 0.05) is 6.42 Å². The molecule has 0 bridgehead atoms. The van der Waals surface area contributed by atoms with Crippen molar-refractivity contribution in [2.24, 2.45) is 0 Å². The number of fused-ring (bicyclic) bond motifs is 1. The minimum absolute atomic E-state index is 0.0171. The second kappa shape index (κ2) is 9.06. The molecule has 2 aromatic carbocycles. The predicted octanol–water partition coefficient (Wildman–Crippen LogP) is 3.41. The predicted molar refractivity (Wildman–Crippen MR) is 97.8 cm³/mol. The van der Waals surface area contributed by atoms with Gasteiger partial charge in [0.05, 0.1) is 19.6 Å². The van der Waals surface area contributed by atoms with E-state index < -0.39 is 0 Å². The number of amides is 1. The molecule has 0 unspecified atom stereocenters. The molecule has 0 spiro atoms. The summed E-state index contributed by atoms with van der Waals surface area (Å²) in [7, 11) is 1.64. The molecule has 0 aromatic heterocycles. The summed E-state index contributed by atoms with van der Waals surface area (Å²) >= 11 is 0. The molecule has 0 saturated carbocycles. The standard InChI is InChI=1S/C20H25NO4/c1-4-5-19(22)21-10-11-25-20(23)14(2)15-6-7-17-13-18(24-3)9-8-16(17)12-15/h6-9,12-14H,4-5,10-11H2,1-3H3,(H,21,22)/t14-/m0/s1. The van der Waals surface area contributed by atoms with Gasteiger partial charge in [0.2, 0.25) is 5.91 Å². The van der Waals surface area contributed by atoms with Crippen molar-refractivity contribution in [3.63, 3.8) is 0 Å². The van der Waals surface area contributed by atoms with Crippen LogP contribution in [0.25, 0.3) is 10.8 Å². The van der Waals surface area contributed by atoms with E-state index in [-0.39, 0.29) is 24.4 Å². The normalized spacial score (nSPS) is 11.8. The lowest BCUT2D eigenvalue weighted by molar-refractivity contribution is -0.145. The summed E-state index contributed by atoms with van der Waals surface area (Å²) in [4.78, 5) is 23.5. The molecule has 134 valence electrons. The maximum absolute atomic E-state index is 12.2. The van der Waals surface area contributed by atoms with Crippen LogP contribution in [-0.2, 0) is 14.3 Å². The van der Waals surface area contributed by atoms with Crippen LogP contribution < -0.4 is 10.1 Å². The third kappa shape index (κ3) is 5.21. The number of carbonyl (C=O) groups is 2. The number of benzene rings is 2. The van der Waals surface area contributed by atoms with Crippen molar-refractivity contribution in [3.8, 4) is 5.75 Å². The highest BCUT2D eigenvalue weighted by Crippen LogP contribution is 2.25. The number of hydrogen-bond donors (Lipinski definition) is 1. The fourth-order valence-corrected chi connectivity index (χ4v) is 2.56. The maximum atomic E-state index is 12.2. The number of carbonyl (C=O) groups excluding carboxylic acids is 2. The number of ether oxygens (including phenoxy) is 2. The Labute approximate surface area is 148 Å². The van der Waals surface area contributed by atoms with Crippen LogP contribution in [0.1, 0.15) is 38.2 Å². The van der Waals surface area contributed by atoms with Crippen molar-refractivity contribution in [3.05, 3.63) is 42.0 Å². The summed E-state index contributed by atoms with van der Waals surface area (Å²) in [6.07, 6.45) is 1.29. The van der Waals surface area contributed by atoms with Gasteiger partial charge in [0.1, 0.15) is 12.4 Å². The zero-order chi connectivity index (χ0) is 18.2. The molecule has 0 aliphatic carbocycles. The molecule has 2 aromatic rings. The van der Waals surface area contributed by atoms with Gasteiger partial charge in [-0.15, -0.1) is 0 Å². The fourth-order valence-electron chi connectivity index (χ4n) is 2.56. The van der Waals surface area contributed by atoms with Gasteiger partial charge < -0.3 is 14.8 Å². The lowest BCUT2D eigenvalue weighted by atomic mass is 9.98. The average molecular weight is 343 g/mol. The largest absolute Gasteiger partial charge is 0.497 e. The van der Waals surface area contributed by atoms with Crippen molar-refractivity contribution in [2.45, 2.75) is 32.6 Å². The van der Waals surface area contributed by atoms with E-state index in [4.69, 9.17) is 9.47 Å². The van der Waals surface area contributed by atoms with Crippen molar-refractivity contribution in [1.82, 2.24) is 5.32 Å². The molecule has 2 rings (SSSR count). The molecular weight excluding hydrogens is 318 g/mol. The van der Waals surface area contributed by atoms with Crippen LogP contribution in [0.2, 0.25) is 0 Å². The van der Waals surface area contributed by atoms with E-state index >= 15 is 0 Å². The summed E-state index contributed by atoms with van der Waals surface area (Å²) < 4.78 is 10.5. The molecule has 0 saturated heterocycles. The Morgan fingerprint density at radius 1 is 1.12 bits per heavy atom. The lowest BCUT2D eigenvalue weighted by Crippen LogP contribution is -2.28. The van der Waals surface area contributed by atoms with E-state index in [2.05, 4.69) is 5.32 Å². The smallest absolute Gasteiger partial charge is 0.313 e. The molecule has 1 N–H and O–H groups in total. The van der Waals surface area contributed by atoms with Crippen LogP contribution in [0.5, 0.6) is 5.75 Å². The molecule has 0 aliphatic heterocycles. The molecule has 0 fully saturated rings. The minimum atomic E-state index is -0.363. The highest BCUT2D eigenvalue weighted by molar-refractivity contribution is 5.86. The average Bonchev–Trinajstić information content (AvgIpc) is 2.63. The lowest BCUT2D eigenvalue weighted by Gasteiger charge is -2.13. The SMILES string of the molecule is CCCC(=O)NCCOC(=O)[C@@H](C)c1ccc2cc(OC)ccc2c1. The van der Waals surface area contributed by atoms with Gasteiger partial charge in [-0.3, -0.25) is 9.59 Å². The molecule has 0 radical (unpaired) electrons. The summed E-state index contributed by atoms with van der Waals surface area (Å²) in [5.74, 6) is 0.129. The van der Waals surface area contributed by atoms with Crippen LogP contribution in [0.15, 0.2) is 36.4 Å². The van der Waals surface area contributed by atoms with Crippen LogP contribution >= 0.6 is 0 Å². The van der Waals surface area contributed by atoms with Crippen LogP contribution in [0.4, 0.5) is 0 Å². The Morgan fingerprint density at radius 2 is 1.84 bits per heavy atom. The van der Waals surface area contributed by atoms with Crippen molar-refractivity contribution < 1.29 is 19.1 Å². The Kier molecular flexibility index (Phi) is 6.81. The van der Waals surface area contributed by atoms with Crippen LogP contribution in [0, 0.1) is 0 Å². The quantitative estimate of drug-likeness (QED) is 0.589. The van der Waals surface area contributed by atoms with E-state index in [0.29, 0.717) is 13.0 Å².